The van der Waals surface area contributed by atoms with E-state index < -0.39 is 5.60 Å². The lowest BCUT2D eigenvalue weighted by Gasteiger charge is -2.34. The van der Waals surface area contributed by atoms with Crippen molar-refractivity contribution in [3.8, 4) is 0 Å². The van der Waals surface area contributed by atoms with Crippen LogP contribution in [0.5, 0.6) is 0 Å². The molecule has 0 amide bonds. The summed E-state index contributed by atoms with van der Waals surface area (Å²) in [5, 5.41) is 11.9. The first kappa shape index (κ1) is 18.9. The monoisotopic (exact) mass is 349 g/mol. The van der Waals surface area contributed by atoms with Crippen LogP contribution in [0.3, 0.4) is 0 Å². The molecule has 3 rings (SSSR count). The van der Waals surface area contributed by atoms with E-state index in [1.165, 1.54) is 27.8 Å². The van der Waals surface area contributed by atoms with Gasteiger partial charge < -0.3 is 10.0 Å². The summed E-state index contributed by atoms with van der Waals surface area (Å²) >= 11 is 0. The van der Waals surface area contributed by atoms with Crippen molar-refractivity contribution >= 4 is 6.08 Å². The third-order valence-corrected chi connectivity index (χ3v) is 5.68. The summed E-state index contributed by atoms with van der Waals surface area (Å²) in [6.45, 7) is 5.18. The van der Waals surface area contributed by atoms with Crippen LogP contribution in [0.25, 0.3) is 6.08 Å². The zero-order valence-corrected chi connectivity index (χ0v) is 16.5. The number of benzene rings is 2. The van der Waals surface area contributed by atoms with Gasteiger partial charge in [-0.25, -0.2) is 0 Å². The fourth-order valence-corrected chi connectivity index (χ4v) is 4.22. The Balaban J connectivity index is 1.99. The fourth-order valence-electron chi connectivity index (χ4n) is 4.22. The second-order valence-electron chi connectivity index (χ2n) is 8.11. The van der Waals surface area contributed by atoms with Gasteiger partial charge in [-0.3, -0.25) is 0 Å². The van der Waals surface area contributed by atoms with Gasteiger partial charge in [-0.1, -0.05) is 60.2 Å². The van der Waals surface area contributed by atoms with Crippen LogP contribution in [0.15, 0.2) is 54.1 Å². The van der Waals surface area contributed by atoms with Crippen molar-refractivity contribution in [1.82, 2.24) is 4.90 Å². The van der Waals surface area contributed by atoms with Crippen molar-refractivity contribution in [2.45, 2.75) is 38.7 Å². The Morgan fingerprint density at radius 3 is 2.54 bits per heavy atom. The molecule has 0 saturated heterocycles. The van der Waals surface area contributed by atoms with E-state index in [1.807, 2.05) is 6.07 Å². The quantitative estimate of drug-likeness (QED) is 0.850. The van der Waals surface area contributed by atoms with Crippen LogP contribution in [0.4, 0.5) is 0 Å². The molecule has 2 aromatic carbocycles. The van der Waals surface area contributed by atoms with Gasteiger partial charge in [-0.15, -0.1) is 0 Å². The number of hydrogen-bond acceptors (Lipinski definition) is 2. The lowest BCUT2D eigenvalue weighted by atomic mass is 9.80. The highest BCUT2D eigenvalue weighted by Crippen LogP contribution is 2.44. The molecule has 0 bridgehead atoms. The summed E-state index contributed by atoms with van der Waals surface area (Å²) in [5.74, 6) is 0.257. The highest BCUT2D eigenvalue weighted by molar-refractivity contribution is 5.57. The normalized spacial score (nSPS) is 24.5. The Kier molecular flexibility index (Phi) is 5.64. The van der Waals surface area contributed by atoms with Gasteiger partial charge in [0.25, 0.3) is 0 Å². The zero-order chi connectivity index (χ0) is 18.7. The largest absolute Gasteiger partial charge is 0.385 e. The molecule has 0 heterocycles. The first-order chi connectivity index (χ1) is 12.4. The summed E-state index contributed by atoms with van der Waals surface area (Å²) in [5.41, 5.74) is 5.35. The van der Waals surface area contributed by atoms with Crippen molar-refractivity contribution in [2.75, 3.05) is 20.6 Å². The molecular formula is C24H31NO. The average Bonchev–Trinajstić information content (AvgIpc) is 2.88. The molecule has 1 aliphatic rings. The van der Waals surface area contributed by atoms with Crippen LogP contribution in [-0.4, -0.2) is 36.2 Å². The lowest BCUT2D eigenvalue weighted by molar-refractivity contribution is 0.0256. The first-order valence-corrected chi connectivity index (χ1v) is 9.58. The van der Waals surface area contributed by atoms with Crippen LogP contribution in [0.1, 0.15) is 35.1 Å². The van der Waals surface area contributed by atoms with Crippen molar-refractivity contribution in [1.29, 1.82) is 0 Å². The second-order valence-corrected chi connectivity index (χ2v) is 8.11. The predicted molar refractivity (Wildman–Crippen MR) is 110 cm³/mol. The number of aryl methyl sites for hydroxylation is 2. The van der Waals surface area contributed by atoms with Crippen molar-refractivity contribution in [3.05, 3.63) is 76.4 Å². The molecule has 2 unspecified atom stereocenters. The number of hydrogen-bond donors (Lipinski definition) is 1. The van der Waals surface area contributed by atoms with Gasteiger partial charge in [0.2, 0.25) is 0 Å². The SMILES string of the molecule is Cc1ccc(C)c(CC2(O)C(=Cc3ccccc3)CCC2CN(C)C)c1. The van der Waals surface area contributed by atoms with Crippen LogP contribution >= 0.6 is 0 Å². The second kappa shape index (κ2) is 7.77. The molecule has 2 nitrogen and oxygen atoms in total. The molecule has 2 aromatic rings. The highest BCUT2D eigenvalue weighted by atomic mass is 16.3. The van der Waals surface area contributed by atoms with Gasteiger partial charge in [0, 0.05) is 18.9 Å². The van der Waals surface area contributed by atoms with Crippen LogP contribution in [0.2, 0.25) is 0 Å². The van der Waals surface area contributed by atoms with Gasteiger partial charge >= 0.3 is 0 Å². The minimum Gasteiger partial charge on any atom is -0.385 e. The molecule has 0 aliphatic heterocycles. The summed E-state index contributed by atoms with van der Waals surface area (Å²) in [6.07, 6.45) is 4.91. The van der Waals surface area contributed by atoms with Crippen LogP contribution in [-0.2, 0) is 6.42 Å². The van der Waals surface area contributed by atoms with Crippen LogP contribution < -0.4 is 0 Å². The number of aliphatic hydroxyl groups is 1. The molecule has 0 spiro atoms. The van der Waals surface area contributed by atoms with E-state index in [-0.39, 0.29) is 5.92 Å². The maximum atomic E-state index is 11.9. The Morgan fingerprint density at radius 1 is 1.12 bits per heavy atom. The van der Waals surface area contributed by atoms with Crippen molar-refractivity contribution < 1.29 is 5.11 Å². The topological polar surface area (TPSA) is 23.5 Å². The predicted octanol–water partition coefficient (Wildman–Crippen LogP) is 4.63. The Bertz CT molecular complexity index is 778. The summed E-state index contributed by atoms with van der Waals surface area (Å²) in [7, 11) is 4.19. The first-order valence-electron chi connectivity index (χ1n) is 9.58. The molecular weight excluding hydrogens is 318 g/mol. The Hall–Kier alpha value is -1.90. The third kappa shape index (κ3) is 4.08. The minimum atomic E-state index is -0.779. The third-order valence-electron chi connectivity index (χ3n) is 5.68. The van der Waals surface area contributed by atoms with Gasteiger partial charge in [-0.05, 0) is 63.0 Å². The molecule has 1 saturated carbocycles. The number of rotatable bonds is 5. The van der Waals surface area contributed by atoms with E-state index in [1.54, 1.807) is 0 Å². The summed E-state index contributed by atoms with van der Waals surface area (Å²) in [6, 6.07) is 16.9. The maximum Gasteiger partial charge on any atom is 0.0940 e. The van der Waals surface area contributed by atoms with E-state index in [0.29, 0.717) is 6.42 Å². The van der Waals surface area contributed by atoms with E-state index in [0.717, 1.165) is 19.4 Å². The zero-order valence-electron chi connectivity index (χ0n) is 16.5. The molecule has 0 radical (unpaired) electrons. The molecule has 138 valence electrons. The molecule has 2 atom stereocenters. The lowest BCUT2D eigenvalue weighted by Crippen LogP contribution is -2.42. The summed E-state index contributed by atoms with van der Waals surface area (Å²) < 4.78 is 0. The number of nitrogens with zero attached hydrogens (tertiary/aromatic N) is 1. The van der Waals surface area contributed by atoms with Gasteiger partial charge in [0.1, 0.15) is 0 Å². The Morgan fingerprint density at radius 2 is 1.85 bits per heavy atom. The molecule has 26 heavy (non-hydrogen) atoms. The summed E-state index contributed by atoms with van der Waals surface area (Å²) in [4.78, 5) is 2.20. The smallest absolute Gasteiger partial charge is 0.0940 e. The van der Waals surface area contributed by atoms with E-state index in [2.05, 4.69) is 81.4 Å². The van der Waals surface area contributed by atoms with Gasteiger partial charge in [0.05, 0.1) is 5.60 Å². The minimum absolute atomic E-state index is 0.257. The van der Waals surface area contributed by atoms with Crippen LogP contribution in [0, 0.1) is 19.8 Å². The van der Waals surface area contributed by atoms with E-state index >= 15 is 0 Å². The van der Waals surface area contributed by atoms with Crippen molar-refractivity contribution in [2.24, 2.45) is 5.92 Å². The average molecular weight is 350 g/mol. The molecule has 1 N–H and O–H groups in total. The molecule has 1 fully saturated rings. The standard InChI is InChI=1S/C24H31NO/c1-18-10-11-19(2)21(14-18)16-24(26)22(12-13-23(24)17-25(3)4)15-20-8-6-5-7-9-20/h5-11,14-15,23,26H,12-13,16-17H2,1-4H3. The highest BCUT2D eigenvalue weighted by Gasteiger charge is 2.45. The molecule has 1 aliphatic carbocycles. The molecule has 0 aromatic heterocycles. The van der Waals surface area contributed by atoms with Crippen molar-refractivity contribution in [3.63, 3.8) is 0 Å². The Labute approximate surface area is 158 Å². The molecule has 2 heteroatoms. The van der Waals surface area contributed by atoms with E-state index in [4.69, 9.17) is 0 Å². The van der Waals surface area contributed by atoms with Gasteiger partial charge in [-0.2, -0.15) is 0 Å². The maximum absolute atomic E-state index is 11.9. The van der Waals surface area contributed by atoms with Gasteiger partial charge in [0.15, 0.2) is 0 Å². The fraction of sp³-hybridized carbons (Fsp3) is 0.417. The van der Waals surface area contributed by atoms with E-state index in [9.17, 15) is 5.11 Å².